The van der Waals surface area contributed by atoms with Crippen molar-refractivity contribution < 1.29 is 44.9 Å². The average Bonchev–Trinajstić information content (AvgIpc) is 1.55. The molecule has 0 aliphatic rings. The number of furan rings is 5. The van der Waals surface area contributed by atoms with Gasteiger partial charge in [-0.15, -0.1) is 0 Å². The summed E-state index contributed by atoms with van der Waals surface area (Å²) in [7, 11) is 10.2. The van der Waals surface area contributed by atoms with Crippen LogP contribution in [0.4, 0.5) is 0 Å². The van der Waals surface area contributed by atoms with Crippen molar-refractivity contribution in [1.82, 2.24) is 0 Å². The zero-order valence-corrected chi connectivity index (χ0v) is 84.5. The second kappa shape index (κ2) is 38.7. The van der Waals surface area contributed by atoms with E-state index >= 15 is 0 Å². The Labute approximate surface area is 818 Å². The van der Waals surface area contributed by atoms with Crippen LogP contribution in [0.2, 0.25) is 0 Å². The van der Waals surface area contributed by atoms with Crippen LogP contribution in [0.15, 0.2) is 265 Å². The van der Waals surface area contributed by atoms with Crippen molar-refractivity contribution in [3.8, 4) is 97.8 Å². The topological polar surface area (TPSA) is 204 Å². The van der Waals surface area contributed by atoms with E-state index in [1.54, 1.807) is 0 Å². The first-order valence-electron chi connectivity index (χ1n) is 48.1. The summed E-state index contributed by atoms with van der Waals surface area (Å²) >= 11 is 0. The molecule has 0 saturated heterocycles. The minimum absolute atomic E-state index is 0.306. The van der Waals surface area contributed by atoms with Gasteiger partial charge in [0.25, 0.3) is 0 Å². The molecule has 140 heavy (non-hydrogen) atoms. The van der Waals surface area contributed by atoms with Gasteiger partial charge in [0.2, 0.25) is 28.5 Å². The van der Waals surface area contributed by atoms with Gasteiger partial charge in [-0.1, -0.05) is 160 Å². The Bertz CT molecular complexity index is 8790. The molecule has 0 radical (unpaired) electrons. The Morgan fingerprint density at radius 1 is 0.229 bits per heavy atom. The van der Waals surface area contributed by atoms with Crippen LogP contribution in [0, 0.1) is 119 Å². The molecule has 21 rings (SSSR count). The first-order chi connectivity index (χ1) is 67.2. The van der Waals surface area contributed by atoms with E-state index in [1.165, 1.54) is 22.3 Å². The average molecular weight is 1840 g/mol. The van der Waals surface area contributed by atoms with Gasteiger partial charge < -0.3 is 22.1 Å². The number of nitrogens with zero attached hydrogens (tertiary/aromatic N) is 10. The zero-order valence-electron chi connectivity index (χ0n) is 84.5. The molecule has 0 fully saturated rings. The van der Waals surface area contributed by atoms with Crippen molar-refractivity contribution in [2.75, 3.05) is 0 Å². The summed E-state index contributed by atoms with van der Waals surface area (Å²) in [5, 5.41) is 58.8. The fourth-order valence-corrected chi connectivity index (χ4v) is 21.0. The largest absolute Gasteiger partial charge is 0.455 e. The minimum Gasteiger partial charge on any atom is -0.455 e. The van der Waals surface area contributed by atoms with Crippen molar-refractivity contribution >= 4 is 110 Å². The van der Waals surface area contributed by atoms with Gasteiger partial charge in [-0.2, -0.15) is 26.3 Å². The van der Waals surface area contributed by atoms with Crippen LogP contribution in [0.3, 0.4) is 0 Å². The maximum Gasteiger partial charge on any atom is 0.216 e. The summed E-state index contributed by atoms with van der Waals surface area (Å²) in [5.74, 6) is 1.58. The van der Waals surface area contributed by atoms with Gasteiger partial charge in [0.05, 0.1) is 79.9 Å². The lowest BCUT2D eigenvalue weighted by Gasteiger charge is -2.17. The van der Waals surface area contributed by atoms with Crippen LogP contribution in [0.5, 0.6) is 0 Å². The van der Waals surface area contributed by atoms with Gasteiger partial charge in [0, 0.05) is 126 Å². The molecule has 0 aliphatic heterocycles. The molecule has 0 unspecified atom stereocenters. The highest BCUT2D eigenvalue weighted by Gasteiger charge is 2.33. The zero-order chi connectivity index (χ0) is 99.6. The highest BCUT2D eigenvalue weighted by atomic mass is 16.3. The maximum absolute atomic E-state index is 9.94. The SMILES string of the molecule is Cc1cc(-c2ccccc2)c2c(oc3c(C)ccc(C#N)c32)c1-c1cccc[n+]1C.Cc1cc(C)c2c(oc3c(C(C)C)ccc(C#N)c32)c1-c1cccc[n+]1C.Cc1ccc2c(oc3c(C(C)C)c(C(C)C)cc(C#N)c32)c1-c1cccc[n+]1C.Cc1ccc2c(oc3c(C(C)C)c(C)cc(C#N)c32)c1-c1cccc[n+]1C.Cc1ccc2c(oc3c(C(C)C)cc(C)c(C#N)c32)c1-c1cccc[n+]1C. The molecule has 0 amide bonds. The standard InChI is InChI=1S/C27H21N2O.C26H27N2O.3C24H23N2O/c1-17-12-13-20(16-28)24-25-21(19-9-5-4-6-10-19)15-18(2)23(27(25)30-26(17)24)22-11-7-8-14-29(22)3;1-15(2)20-13-18(14-27)24-19-11-10-17(5)23(21-9-7-8-12-28(21)6)25(19)29-26(24)22(20)16(3)4;1-14(2)18-10-9-17(13-25)22-21-16(4)12-15(3)20(24(21)27-23(18)22)19-8-6-7-11-26(19)5;1-14(2)20-16(4)12-17(13-25)22-18-10-9-15(3)21(23(18)27-24(20)22)19-8-6-7-11-26(19)5;1-14(2)18-12-16(4)19(13-25)22-17-10-9-15(3)21(23(17)27-24(18)22)20-8-6-7-11-26(20)5/h4-15H,1-3H3;7-13,15-16H,1-6H3;3*6-12,14H,1-5H3/q5*+1. The first kappa shape index (κ1) is 95.3. The summed E-state index contributed by atoms with van der Waals surface area (Å²) in [5.41, 5.74) is 40.9. The van der Waals surface area contributed by atoms with E-state index < -0.39 is 0 Å². The molecule has 10 heterocycles. The van der Waals surface area contributed by atoms with Crippen molar-refractivity contribution in [1.29, 1.82) is 26.3 Å². The second-order valence-electron chi connectivity index (χ2n) is 38.9. The summed E-state index contributed by atoms with van der Waals surface area (Å²) in [6, 6.07) is 84.2. The monoisotopic (exact) mass is 1840 g/mol. The number of pyridine rings is 5. The fraction of sp³-hybridized carbons (Fsp3) is 0.232. The number of aromatic nitrogens is 5. The predicted molar refractivity (Wildman–Crippen MR) is 564 cm³/mol. The number of hydrogen-bond acceptors (Lipinski definition) is 10. The molecule has 0 spiro atoms. The van der Waals surface area contributed by atoms with Crippen LogP contribution in [-0.4, -0.2) is 0 Å². The molecule has 21 aromatic rings. The van der Waals surface area contributed by atoms with Gasteiger partial charge in [-0.05, 0) is 230 Å². The van der Waals surface area contributed by atoms with Crippen molar-refractivity contribution in [2.24, 2.45) is 35.2 Å². The Morgan fingerprint density at radius 2 is 0.586 bits per heavy atom. The smallest absolute Gasteiger partial charge is 0.216 e. The van der Waals surface area contributed by atoms with E-state index in [1.807, 2.05) is 189 Å². The number of hydrogen-bond donors (Lipinski definition) is 0. The molecule has 15 nitrogen and oxygen atoms in total. The normalized spacial score (nSPS) is 11.4. The molecule has 0 aliphatic carbocycles. The fourth-order valence-electron chi connectivity index (χ4n) is 21.0. The highest BCUT2D eigenvalue weighted by molar-refractivity contribution is 6.20. The summed E-state index contributed by atoms with van der Waals surface area (Å²) in [6.45, 7) is 40.5. The van der Waals surface area contributed by atoms with Crippen molar-refractivity contribution in [3.05, 3.63) is 349 Å². The first-order valence-corrected chi connectivity index (χ1v) is 48.1. The van der Waals surface area contributed by atoms with Gasteiger partial charge in [0.15, 0.2) is 31.0 Å². The van der Waals surface area contributed by atoms with E-state index in [0.717, 1.165) is 233 Å². The van der Waals surface area contributed by atoms with Crippen LogP contribution in [0.25, 0.3) is 177 Å². The Kier molecular flexibility index (Phi) is 26.3. The van der Waals surface area contributed by atoms with Crippen LogP contribution >= 0.6 is 0 Å². The van der Waals surface area contributed by atoms with Crippen LogP contribution < -0.4 is 22.8 Å². The molecule has 692 valence electrons. The third-order valence-electron chi connectivity index (χ3n) is 27.8. The number of fused-ring (bicyclic) bond motifs is 15. The van der Waals surface area contributed by atoms with Crippen molar-refractivity contribution in [2.45, 2.75) is 161 Å². The van der Waals surface area contributed by atoms with Gasteiger partial charge in [-0.25, -0.2) is 22.8 Å². The van der Waals surface area contributed by atoms with E-state index in [0.29, 0.717) is 57.4 Å². The lowest BCUT2D eigenvalue weighted by Crippen LogP contribution is -2.30. The molecule has 15 heteroatoms. The van der Waals surface area contributed by atoms with Gasteiger partial charge in [-0.3, -0.25) is 0 Å². The van der Waals surface area contributed by atoms with E-state index in [9.17, 15) is 26.3 Å². The predicted octanol–water partition coefficient (Wildman–Crippen LogP) is 29.8. The Morgan fingerprint density at radius 3 is 1.01 bits per heavy atom. The molecule has 11 aromatic carbocycles. The minimum atomic E-state index is 0.306. The molecular formula is C125H117N10O5+5. The third-order valence-corrected chi connectivity index (χ3v) is 27.8. The van der Waals surface area contributed by atoms with Gasteiger partial charge in [0.1, 0.15) is 97.1 Å². The lowest BCUT2D eigenvalue weighted by atomic mass is 9.86. The molecule has 0 saturated carbocycles. The van der Waals surface area contributed by atoms with E-state index in [-0.39, 0.29) is 0 Å². The van der Waals surface area contributed by atoms with Crippen LogP contribution in [0.1, 0.15) is 205 Å². The number of benzene rings is 11. The van der Waals surface area contributed by atoms with E-state index in [2.05, 4.69) is 274 Å². The van der Waals surface area contributed by atoms with Crippen LogP contribution in [-0.2, 0) is 35.2 Å². The summed E-state index contributed by atoms with van der Waals surface area (Å²) in [6.07, 6.45) is 10.2. The molecule has 10 aromatic heterocycles. The molecular weight excluding hydrogens is 1720 g/mol. The number of nitriles is 5. The quantitative estimate of drug-likeness (QED) is 0.112. The summed E-state index contributed by atoms with van der Waals surface area (Å²) in [4.78, 5) is 0. The maximum atomic E-state index is 9.94. The third kappa shape index (κ3) is 16.7. The number of rotatable bonds is 11. The summed E-state index contributed by atoms with van der Waals surface area (Å²) < 4.78 is 43.3. The highest BCUT2D eigenvalue weighted by Crippen LogP contribution is 2.51. The Hall–Kier alpha value is -16.4. The van der Waals surface area contributed by atoms with Gasteiger partial charge >= 0.3 is 0 Å². The second-order valence-corrected chi connectivity index (χ2v) is 38.9. The lowest BCUT2D eigenvalue weighted by molar-refractivity contribution is -0.660. The molecule has 0 bridgehead atoms. The Balaban J connectivity index is 0.000000121. The molecule has 0 atom stereocenters. The number of aryl methyl sites for hydroxylation is 14. The van der Waals surface area contributed by atoms with Crippen molar-refractivity contribution in [3.63, 3.8) is 0 Å². The molecule has 0 N–H and O–H groups in total. The van der Waals surface area contributed by atoms with E-state index in [4.69, 9.17) is 22.1 Å².